The van der Waals surface area contributed by atoms with Crippen molar-refractivity contribution in [2.75, 3.05) is 0 Å². The number of hydrogen-bond donors (Lipinski definition) is 1. The molecule has 0 saturated heterocycles. The zero-order valence-electron chi connectivity index (χ0n) is 16.5. The van der Waals surface area contributed by atoms with Crippen LogP contribution in [0.3, 0.4) is 0 Å². The maximum Gasteiger partial charge on any atom is 0.336 e. The molecular formula is C27H18O4. The summed E-state index contributed by atoms with van der Waals surface area (Å²) in [4.78, 5) is 12.5. The van der Waals surface area contributed by atoms with Gasteiger partial charge in [0.05, 0.1) is 6.26 Å². The summed E-state index contributed by atoms with van der Waals surface area (Å²) in [5, 5.41) is 14.0. The van der Waals surface area contributed by atoms with Gasteiger partial charge in [-0.1, -0.05) is 60.7 Å². The summed E-state index contributed by atoms with van der Waals surface area (Å²) in [5.74, 6) is 0.733. The second-order valence-electron chi connectivity index (χ2n) is 7.11. The van der Waals surface area contributed by atoms with Gasteiger partial charge in [0.2, 0.25) is 0 Å². The summed E-state index contributed by atoms with van der Waals surface area (Å²) in [5.41, 5.74) is 1.75. The molecule has 1 N–H and O–H groups in total. The summed E-state index contributed by atoms with van der Waals surface area (Å²) in [6, 6.07) is 26.4. The van der Waals surface area contributed by atoms with E-state index < -0.39 is 5.97 Å². The number of carbonyl (C=O) groups is 1. The number of aromatic hydroxyl groups is 1. The van der Waals surface area contributed by atoms with E-state index in [1.807, 2.05) is 60.7 Å². The summed E-state index contributed by atoms with van der Waals surface area (Å²) in [6.07, 6.45) is 4.45. The molecule has 4 nitrogen and oxygen atoms in total. The van der Waals surface area contributed by atoms with Crippen LogP contribution in [0.25, 0.3) is 38.7 Å². The Kier molecular flexibility index (Phi) is 4.73. The monoisotopic (exact) mass is 406 g/mol. The number of phenolic OH excluding ortho intramolecular Hbond substituents is 1. The third-order valence-electron chi connectivity index (χ3n) is 5.18. The van der Waals surface area contributed by atoms with Gasteiger partial charge < -0.3 is 14.3 Å². The van der Waals surface area contributed by atoms with Crippen LogP contribution in [0, 0.1) is 0 Å². The topological polar surface area (TPSA) is 59.7 Å². The van der Waals surface area contributed by atoms with Crippen molar-refractivity contribution in [3.8, 4) is 22.6 Å². The Labute approximate surface area is 178 Å². The van der Waals surface area contributed by atoms with Crippen LogP contribution in [-0.2, 0) is 4.79 Å². The molecule has 0 bridgehead atoms. The van der Waals surface area contributed by atoms with E-state index in [1.54, 1.807) is 36.6 Å². The molecule has 0 amide bonds. The predicted molar refractivity (Wildman–Crippen MR) is 122 cm³/mol. The quantitative estimate of drug-likeness (QED) is 0.208. The molecule has 0 saturated carbocycles. The molecule has 0 radical (unpaired) electrons. The lowest BCUT2D eigenvalue weighted by Gasteiger charge is -2.14. The van der Waals surface area contributed by atoms with E-state index in [0.29, 0.717) is 11.5 Å². The molecular weight excluding hydrogens is 388 g/mol. The predicted octanol–water partition coefficient (Wildman–Crippen LogP) is 6.58. The van der Waals surface area contributed by atoms with Crippen LogP contribution in [-0.4, -0.2) is 11.1 Å². The van der Waals surface area contributed by atoms with Gasteiger partial charge in [-0.05, 0) is 52.2 Å². The maximum absolute atomic E-state index is 12.5. The Morgan fingerprint density at radius 3 is 2.13 bits per heavy atom. The largest absolute Gasteiger partial charge is 0.507 e. The Morgan fingerprint density at radius 2 is 1.42 bits per heavy atom. The highest BCUT2D eigenvalue weighted by molar-refractivity contribution is 6.10. The van der Waals surface area contributed by atoms with E-state index in [9.17, 15) is 9.90 Å². The van der Waals surface area contributed by atoms with Gasteiger partial charge in [0, 0.05) is 16.8 Å². The second kappa shape index (κ2) is 7.84. The van der Waals surface area contributed by atoms with Gasteiger partial charge in [0.15, 0.2) is 0 Å². The molecule has 4 heteroatoms. The third kappa shape index (κ3) is 3.55. The Bertz CT molecular complexity index is 1420. The van der Waals surface area contributed by atoms with Crippen LogP contribution in [0.5, 0.6) is 11.5 Å². The minimum Gasteiger partial charge on any atom is -0.507 e. The average Bonchev–Trinajstić information content (AvgIpc) is 3.31. The number of phenols is 1. The zero-order valence-corrected chi connectivity index (χ0v) is 16.5. The molecule has 0 atom stereocenters. The van der Waals surface area contributed by atoms with Crippen molar-refractivity contribution in [1.29, 1.82) is 0 Å². The van der Waals surface area contributed by atoms with E-state index >= 15 is 0 Å². The van der Waals surface area contributed by atoms with Gasteiger partial charge in [0.25, 0.3) is 0 Å². The number of fused-ring (bicyclic) bond motifs is 2. The number of hydrogen-bond acceptors (Lipinski definition) is 4. The van der Waals surface area contributed by atoms with Crippen molar-refractivity contribution < 1.29 is 19.1 Å². The van der Waals surface area contributed by atoms with E-state index in [1.165, 1.54) is 6.08 Å². The highest BCUT2D eigenvalue weighted by Crippen LogP contribution is 2.40. The fourth-order valence-corrected chi connectivity index (χ4v) is 3.84. The van der Waals surface area contributed by atoms with Crippen molar-refractivity contribution in [3.05, 3.63) is 103 Å². The van der Waals surface area contributed by atoms with Gasteiger partial charge in [-0.3, -0.25) is 0 Å². The first-order chi connectivity index (χ1) is 15.2. The highest BCUT2D eigenvalue weighted by Gasteiger charge is 2.15. The standard InChI is InChI=1S/C27H18O4/c28-23-13-3-8-18-6-1-11-21(26(18)23)22-12-2-7-19-9-4-14-24(27(19)22)31-25(29)16-15-20-10-5-17-30-20/h1-17,28H/b16-15+. The molecule has 0 aliphatic carbocycles. The third-order valence-corrected chi connectivity index (χ3v) is 5.18. The molecule has 1 heterocycles. The molecule has 0 aliphatic rings. The first-order valence-corrected chi connectivity index (χ1v) is 9.87. The molecule has 1 aromatic heterocycles. The fourth-order valence-electron chi connectivity index (χ4n) is 3.84. The van der Waals surface area contributed by atoms with Gasteiger partial charge in [-0.25, -0.2) is 4.79 Å². The fraction of sp³-hybridized carbons (Fsp3) is 0. The number of benzene rings is 4. The maximum atomic E-state index is 12.5. The van der Waals surface area contributed by atoms with Gasteiger partial charge in [-0.15, -0.1) is 0 Å². The van der Waals surface area contributed by atoms with Crippen LogP contribution in [0.4, 0.5) is 0 Å². The molecule has 31 heavy (non-hydrogen) atoms. The van der Waals surface area contributed by atoms with Crippen LogP contribution in [0.15, 0.2) is 102 Å². The molecule has 0 aliphatic heterocycles. The molecule has 5 aromatic rings. The van der Waals surface area contributed by atoms with Gasteiger partial charge in [0.1, 0.15) is 17.3 Å². The van der Waals surface area contributed by atoms with Gasteiger partial charge >= 0.3 is 5.97 Å². The van der Waals surface area contributed by atoms with Crippen molar-refractivity contribution >= 4 is 33.6 Å². The molecule has 4 aromatic carbocycles. The highest BCUT2D eigenvalue weighted by atomic mass is 16.5. The van der Waals surface area contributed by atoms with E-state index in [-0.39, 0.29) is 5.75 Å². The Hall–Kier alpha value is -4.31. The summed E-state index contributed by atoms with van der Waals surface area (Å²) in [6.45, 7) is 0. The number of ether oxygens (including phenoxy) is 1. The molecule has 150 valence electrons. The Balaban J connectivity index is 1.64. The first-order valence-electron chi connectivity index (χ1n) is 9.87. The van der Waals surface area contributed by atoms with Crippen LogP contribution >= 0.6 is 0 Å². The average molecular weight is 406 g/mol. The van der Waals surface area contributed by atoms with E-state index in [4.69, 9.17) is 9.15 Å². The van der Waals surface area contributed by atoms with Gasteiger partial charge in [-0.2, -0.15) is 0 Å². The van der Waals surface area contributed by atoms with Crippen LogP contribution in [0.2, 0.25) is 0 Å². The smallest absolute Gasteiger partial charge is 0.336 e. The molecule has 0 fully saturated rings. The minimum atomic E-state index is -0.500. The lowest BCUT2D eigenvalue weighted by atomic mass is 9.93. The number of rotatable bonds is 4. The summed E-state index contributed by atoms with van der Waals surface area (Å²) < 4.78 is 10.9. The second-order valence-corrected chi connectivity index (χ2v) is 7.11. The zero-order chi connectivity index (χ0) is 21.2. The molecule has 0 spiro atoms. The minimum absolute atomic E-state index is 0.209. The molecule has 0 unspecified atom stereocenters. The van der Waals surface area contributed by atoms with Crippen molar-refractivity contribution in [2.24, 2.45) is 0 Å². The Morgan fingerprint density at radius 1 is 0.774 bits per heavy atom. The van der Waals surface area contributed by atoms with Crippen LogP contribution < -0.4 is 4.74 Å². The molecule has 5 rings (SSSR count). The van der Waals surface area contributed by atoms with Crippen molar-refractivity contribution in [1.82, 2.24) is 0 Å². The lowest BCUT2D eigenvalue weighted by Crippen LogP contribution is -2.04. The van der Waals surface area contributed by atoms with Crippen LogP contribution in [0.1, 0.15) is 5.76 Å². The van der Waals surface area contributed by atoms with Crippen molar-refractivity contribution in [2.45, 2.75) is 0 Å². The van der Waals surface area contributed by atoms with Crippen molar-refractivity contribution in [3.63, 3.8) is 0 Å². The number of carbonyl (C=O) groups excluding carboxylic acids is 1. The SMILES string of the molecule is O=C(/C=C/c1ccco1)Oc1cccc2cccc(-c3cccc4cccc(O)c34)c12. The van der Waals surface area contributed by atoms with E-state index in [2.05, 4.69) is 0 Å². The summed E-state index contributed by atoms with van der Waals surface area (Å²) >= 11 is 0. The normalized spacial score (nSPS) is 11.4. The first kappa shape index (κ1) is 18.7. The number of furan rings is 1. The summed E-state index contributed by atoms with van der Waals surface area (Å²) in [7, 11) is 0. The lowest BCUT2D eigenvalue weighted by molar-refractivity contribution is -0.128. The number of esters is 1. The van der Waals surface area contributed by atoms with E-state index in [0.717, 1.165) is 32.7 Å².